The van der Waals surface area contributed by atoms with E-state index in [0.717, 1.165) is 0 Å². The van der Waals surface area contributed by atoms with E-state index in [2.05, 4.69) is 10.2 Å². The van der Waals surface area contributed by atoms with Crippen molar-refractivity contribution in [1.82, 2.24) is 19.6 Å². The first-order valence-corrected chi connectivity index (χ1v) is 9.40. The van der Waals surface area contributed by atoms with Crippen LogP contribution in [0.3, 0.4) is 0 Å². The summed E-state index contributed by atoms with van der Waals surface area (Å²) in [5.41, 5.74) is 0.861. The van der Waals surface area contributed by atoms with E-state index in [1.54, 1.807) is 19.2 Å². The van der Waals surface area contributed by atoms with Crippen LogP contribution >= 0.6 is 11.6 Å². The Labute approximate surface area is 155 Å². The molecule has 8 nitrogen and oxygen atoms in total. The van der Waals surface area contributed by atoms with Crippen molar-refractivity contribution in [2.45, 2.75) is 19.2 Å². The molecule has 0 bridgehead atoms. The van der Waals surface area contributed by atoms with Gasteiger partial charge in [0, 0.05) is 24.5 Å². The van der Waals surface area contributed by atoms with Gasteiger partial charge >= 0.3 is 0 Å². The maximum atomic E-state index is 12.8. The second kappa shape index (κ2) is 7.30. The Kier molecular flexibility index (Phi) is 5.10. The van der Waals surface area contributed by atoms with Crippen LogP contribution in [0.1, 0.15) is 28.4 Å². The average molecular weight is 395 g/mol. The fourth-order valence-electron chi connectivity index (χ4n) is 2.61. The number of carbonyl (C=O) groups excluding carboxylic acids is 1. The Hall–Kier alpha value is -2.65. The van der Waals surface area contributed by atoms with Crippen LogP contribution in [0.15, 0.2) is 36.8 Å². The lowest BCUT2D eigenvalue weighted by Gasteiger charge is -2.13. The molecule has 0 saturated carbocycles. The van der Waals surface area contributed by atoms with Crippen molar-refractivity contribution in [2.75, 3.05) is 0 Å². The molecular weight excluding hydrogens is 380 g/mol. The van der Waals surface area contributed by atoms with E-state index in [9.17, 15) is 18.3 Å². The van der Waals surface area contributed by atoms with Gasteiger partial charge in [0.25, 0.3) is 0 Å². The molecule has 0 radical (unpaired) electrons. The first kappa shape index (κ1) is 18.2. The Balaban J connectivity index is 2.15. The molecule has 1 N–H and O–H groups in total. The molecule has 2 aromatic heterocycles. The molecule has 0 saturated heterocycles. The van der Waals surface area contributed by atoms with Gasteiger partial charge < -0.3 is 5.11 Å². The predicted molar refractivity (Wildman–Crippen MR) is 95.6 cm³/mol. The number of hydrogen-bond donors (Lipinski definition) is 2. The number of halogens is 1. The van der Waals surface area contributed by atoms with Crippen LogP contribution in [0.4, 0.5) is 0 Å². The number of aryl methyl sites for hydroxylation is 1. The second-order valence-corrected chi connectivity index (χ2v) is 6.76. The summed E-state index contributed by atoms with van der Waals surface area (Å²) in [6, 6.07) is 4.61. The maximum absolute atomic E-state index is 12.8. The third-order valence-electron chi connectivity index (χ3n) is 3.83. The van der Waals surface area contributed by atoms with Gasteiger partial charge in [-0.1, -0.05) is 17.7 Å². The minimum atomic E-state index is -2.69. The number of thiol groups is 1. The SMILES string of the molecule is CCn1ncc(C(=O)c2ccc(C[SH](=O)=O)c(-n3cccn3)c2Cl)c1O. The fraction of sp³-hybridized carbons (Fsp3) is 0.188. The molecule has 0 amide bonds. The highest BCUT2D eigenvalue weighted by Gasteiger charge is 2.24. The largest absolute Gasteiger partial charge is 0.493 e. The van der Waals surface area contributed by atoms with E-state index in [1.807, 2.05) is 0 Å². The molecule has 0 aliphatic carbocycles. The average Bonchev–Trinajstić information content (AvgIpc) is 3.23. The highest BCUT2D eigenvalue weighted by Crippen LogP contribution is 2.31. The molecule has 0 unspecified atom stereocenters. The Morgan fingerprint density at radius 2 is 2.04 bits per heavy atom. The summed E-state index contributed by atoms with van der Waals surface area (Å²) in [7, 11) is -2.69. The standard InChI is InChI=1S/C16H15ClN4O4S/c1-2-20-16(23)12(8-19-20)15(22)11-5-4-10(9-26(24)25)14(13(11)17)21-7-3-6-18-21/h3-8,23,26H,2,9H2,1H3. The molecule has 0 aliphatic rings. The van der Waals surface area contributed by atoms with Crippen molar-refractivity contribution < 1.29 is 18.3 Å². The number of aromatic nitrogens is 4. The van der Waals surface area contributed by atoms with Gasteiger partial charge in [0.2, 0.25) is 11.7 Å². The number of ketones is 1. The van der Waals surface area contributed by atoms with Crippen molar-refractivity contribution in [2.24, 2.45) is 0 Å². The molecule has 0 aliphatic heterocycles. The molecule has 10 heteroatoms. The van der Waals surface area contributed by atoms with Gasteiger partial charge in [-0.3, -0.25) is 4.79 Å². The van der Waals surface area contributed by atoms with E-state index in [-0.39, 0.29) is 27.8 Å². The molecule has 3 rings (SSSR count). The van der Waals surface area contributed by atoms with Gasteiger partial charge in [0.05, 0.1) is 22.7 Å². The third-order valence-corrected chi connectivity index (χ3v) is 4.81. The number of rotatable bonds is 6. The van der Waals surface area contributed by atoms with E-state index in [0.29, 0.717) is 17.8 Å². The van der Waals surface area contributed by atoms with E-state index in [4.69, 9.17) is 11.6 Å². The van der Waals surface area contributed by atoms with Gasteiger partial charge in [0.15, 0.2) is 0 Å². The van der Waals surface area contributed by atoms with Crippen LogP contribution in [0.2, 0.25) is 5.02 Å². The van der Waals surface area contributed by atoms with Gasteiger partial charge in [-0.25, -0.2) is 17.8 Å². The summed E-state index contributed by atoms with van der Waals surface area (Å²) in [5, 5.41) is 18.2. The number of benzene rings is 1. The molecule has 0 spiro atoms. The molecule has 3 aromatic rings. The molecule has 2 heterocycles. The van der Waals surface area contributed by atoms with Crippen LogP contribution in [0, 0.1) is 0 Å². The quantitative estimate of drug-likeness (QED) is 0.487. The first-order chi connectivity index (χ1) is 12.4. The highest BCUT2D eigenvalue weighted by atomic mass is 35.5. The normalized spacial score (nSPS) is 11.2. The van der Waals surface area contributed by atoms with Crippen molar-refractivity contribution >= 4 is 28.1 Å². The van der Waals surface area contributed by atoms with Crippen LogP contribution in [0.5, 0.6) is 5.88 Å². The molecule has 136 valence electrons. The van der Waals surface area contributed by atoms with Gasteiger partial charge in [0.1, 0.15) is 16.3 Å². The van der Waals surface area contributed by atoms with Crippen molar-refractivity contribution in [1.29, 1.82) is 0 Å². The molecule has 26 heavy (non-hydrogen) atoms. The van der Waals surface area contributed by atoms with E-state index >= 15 is 0 Å². The fourth-order valence-corrected chi connectivity index (χ4v) is 3.50. The van der Waals surface area contributed by atoms with Crippen LogP contribution in [0.25, 0.3) is 5.69 Å². The molecule has 0 atom stereocenters. The number of aromatic hydroxyl groups is 1. The zero-order valence-electron chi connectivity index (χ0n) is 13.7. The van der Waals surface area contributed by atoms with Crippen LogP contribution in [-0.2, 0) is 23.0 Å². The van der Waals surface area contributed by atoms with Crippen LogP contribution in [-0.4, -0.2) is 38.9 Å². The smallest absolute Gasteiger partial charge is 0.220 e. The first-order valence-electron chi connectivity index (χ1n) is 7.66. The molecular formula is C16H15ClN4O4S. The minimum Gasteiger partial charge on any atom is -0.493 e. The van der Waals surface area contributed by atoms with Crippen LogP contribution < -0.4 is 0 Å². The summed E-state index contributed by atoms with van der Waals surface area (Å²) in [4.78, 5) is 12.8. The second-order valence-electron chi connectivity index (χ2n) is 5.40. The summed E-state index contributed by atoms with van der Waals surface area (Å²) in [6.45, 7) is 2.18. The van der Waals surface area contributed by atoms with Gasteiger partial charge in [-0.05, 0) is 24.6 Å². The molecule has 1 aromatic carbocycles. The lowest BCUT2D eigenvalue weighted by molar-refractivity contribution is 0.103. The topological polar surface area (TPSA) is 107 Å². The van der Waals surface area contributed by atoms with E-state index in [1.165, 1.54) is 33.9 Å². The summed E-state index contributed by atoms with van der Waals surface area (Å²) in [5.74, 6) is -1.00. The lowest BCUT2D eigenvalue weighted by atomic mass is 10.0. The van der Waals surface area contributed by atoms with Crippen molar-refractivity contribution in [3.63, 3.8) is 0 Å². The van der Waals surface area contributed by atoms with Gasteiger partial charge in [-0.15, -0.1) is 0 Å². The lowest BCUT2D eigenvalue weighted by Crippen LogP contribution is -2.08. The Morgan fingerprint density at radius 1 is 1.27 bits per heavy atom. The zero-order chi connectivity index (χ0) is 18.8. The highest BCUT2D eigenvalue weighted by molar-refractivity contribution is 7.71. The van der Waals surface area contributed by atoms with Crippen molar-refractivity contribution in [3.8, 4) is 11.6 Å². The zero-order valence-corrected chi connectivity index (χ0v) is 15.3. The number of carbonyl (C=O) groups is 1. The van der Waals surface area contributed by atoms with E-state index < -0.39 is 16.5 Å². The monoisotopic (exact) mass is 394 g/mol. The predicted octanol–water partition coefficient (Wildman–Crippen LogP) is 1.79. The Bertz CT molecular complexity index is 1030. The summed E-state index contributed by atoms with van der Waals surface area (Å²) < 4.78 is 25.0. The number of nitrogens with zero attached hydrogens (tertiary/aromatic N) is 4. The number of hydrogen-bond acceptors (Lipinski definition) is 6. The summed E-state index contributed by atoms with van der Waals surface area (Å²) in [6.07, 6.45) is 4.39. The van der Waals surface area contributed by atoms with Gasteiger partial charge in [-0.2, -0.15) is 10.2 Å². The minimum absolute atomic E-state index is 0.0165. The summed E-state index contributed by atoms with van der Waals surface area (Å²) >= 11 is 6.44. The van der Waals surface area contributed by atoms with Crippen molar-refractivity contribution in [3.05, 3.63) is 58.5 Å². The molecule has 0 fully saturated rings. The third kappa shape index (κ3) is 3.23. The Morgan fingerprint density at radius 3 is 2.62 bits per heavy atom. The maximum Gasteiger partial charge on any atom is 0.220 e.